The fraction of sp³-hybridized carbons (Fsp3) is 0.250. The van der Waals surface area contributed by atoms with Crippen molar-refractivity contribution in [2.24, 2.45) is 12.8 Å². The van der Waals surface area contributed by atoms with E-state index in [1.807, 2.05) is 0 Å². The van der Waals surface area contributed by atoms with Gasteiger partial charge in [-0.05, 0) is 13.0 Å². The van der Waals surface area contributed by atoms with Crippen LogP contribution in [0.2, 0.25) is 0 Å². The Bertz CT molecular complexity index is 549. The summed E-state index contributed by atoms with van der Waals surface area (Å²) in [5.74, 6) is -1.79. The Balaban J connectivity index is 2.47. The van der Waals surface area contributed by atoms with Gasteiger partial charge in [-0.25, -0.2) is 8.78 Å². The van der Waals surface area contributed by atoms with Crippen LogP contribution in [0.3, 0.4) is 0 Å². The van der Waals surface area contributed by atoms with E-state index in [-0.39, 0.29) is 5.56 Å². The number of halogens is 2. The molecule has 0 aliphatic carbocycles. The summed E-state index contributed by atoms with van der Waals surface area (Å²) in [5.41, 5.74) is 7.48. The quantitative estimate of drug-likeness (QED) is 0.868. The zero-order valence-electron chi connectivity index (χ0n) is 9.61. The lowest BCUT2D eigenvalue weighted by Crippen LogP contribution is -2.14. The summed E-state index contributed by atoms with van der Waals surface area (Å²) >= 11 is 0. The molecule has 0 aliphatic heterocycles. The van der Waals surface area contributed by atoms with Crippen LogP contribution in [-0.4, -0.2) is 9.78 Å². The van der Waals surface area contributed by atoms with Crippen molar-refractivity contribution in [2.45, 2.75) is 13.0 Å². The van der Waals surface area contributed by atoms with E-state index in [0.29, 0.717) is 11.3 Å². The Kier molecular flexibility index (Phi) is 2.93. The van der Waals surface area contributed by atoms with Gasteiger partial charge in [0.15, 0.2) is 11.6 Å². The topological polar surface area (TPSA) is 43.8 Å². The summed E-state index contributed by atoms with van der Waals surface area (Å²) in [6.45, 7) is 1.78. The highest BCUT2D eigenvalue weighted by Crippen LogP contribution is 2.25. The first kappa shape index (κ1) is 11.7. The van der Waals surface area contributed by atoms with Crippen molar-refractivity contribution < 1.29 is 8.78 Å². The van der Waals surface area contributed by atoms with Crippen LogP contribution in [-0.2, 0) is 7.05 Å². The fourth-order valence-electron chi connectivity index (χ4n) is 1.85. The standard InChI is InChI=1S/C12H13F2N3/c1-7-9(6-17(2)16-7)12(15)8-4-3-5-10(13)11(8)14/h3-6,12H,15H2,1-2H3. The second kappa shape index (κ2) is 4.25. The van der Waals surface area contributed by atoms with Crippen LogP contribution in [0.15, 0.2) is 24.4 Å². The number of nitrogens with zero attached hydrogens (tertiary/aromatic N) is 2. The first-order valence-electron chi connectivity index (χ1n) is 5.20. The molecule has 2 aromatic rings. The molecule has 0 fully saturated rings. The molecular formula is C12H13F2N3. The van der Waals surface area contributed by atoms with Gasteiger partial charge < -0.3 is 5.73 Å². The van der Waals surface area contributed by atoms with E-state index >= 15 is 0 Å². The lowest BCUT2D eigenvalue weighted by molar-refractivity contribution is 0.494. The van der Waals surface area contributed by atoms with Crippen molar-refractivity contribution in [1.82, 2.24) is 9.78 Å². The van der Waals surface area contributed by atoms with E-state index in [4.69, 9.17) is 5.73 Å². The maximum absolute atomic E-state index is 13.6. The molecule has 1 heterocycles. The second-order valence-electron chi connectivity index (χ2n) is 3.96. The zero-order chi connectivity index (χ0) is 12.6. The van der Waals surface area contributed by atoms with Gasteiger partial charge in [-0.3, -0.25) is 4.68 Å². The minimum absolute atomic E-state index is 0.140. The number of benzene rings is 1. The monoisotopic (exact) mass is 237 g/mol. The largest absolute Gasteiger partial charge is 0.320 e. The molecule has 0 saturated heterocycles. The van der Waals surface area contributed by atoms with E-state index < -0.39 is 17.7 Å². The molecule has 0 bridgehead atoms. The van der Waals surface area contributed by atoms with Gasteiger partial charge in [-0.15, -0.1) is 0 Å². The predicted octanol–water partition coefficient (Wildman–Crippen LogP) is 2.05. The molecule has 1 aromatic heterocycles. The van der Waals surface area contributed by atoms with Crippen LogP contribution in [0.1, 0.15) is 22.9 Å². The van der Waals surface area contributed by atoms with Gasteiger partial charge >= 0.3 is 0 Å². The van der Waals surface area contributed by atoms with Crippen molar-refractivity contribution in [3.8, 4) is 0 Å². The van der Waals surface area contributed by atoms with Gasteiger partial charge in [-0.2, -0.15) is 5.10 Å². The SMILES string of the molecule is Cc1nn(C)cc1C(N)c1cccc(F)c1F. The molecule has 90 valence electrons. The van der Waals surface area contributed by atoms with Crippen molar-refractivity contribution >= 4 is 0 Å². The molecule has 0 saturated carbocycles. The highest BCUT2D eigenvalue weighted by molar-refractivity contribution is 5.33. The maximum atomic E-state index is 13.6. The van der Waals surface area contributed by atoms with Gasteiger partial charge in [0.05, 0.1) is 11.7 Å². The third kappa shape index (κ3) is 2.06. The average Bonchev–Trinajstić information content (AvgIpc) is 2.61. The Morgan fingerprint density at radius 1 is 1.29 bits per heavy atom. The molecule has 5 heteroatoms. The van der Waals surface area contributed by atoms with Crippen molar-refractivity contribution in [1.29, 1.82) is 0 Å². The Morgan fingerprint density at radius 2 is 2.00 bits per heavy atom. The summed E-state index contributed by atoms with van der Waals surface area (Å²) in [6.07, 6.45) is 1.71. The van der Waals surface area contributed by atoms with E-state index in [0.717, 1.165) is 6.07 Å². The molecule has 1 atom stereocenters. The van der Waals surface area contributed by atoms with Gasteiger partial charge in [-0.1, -0.05) is 12.1 Å². The molecule has 2 N–H and O–H groups in total. The zero-order valence-corrected chi connectivity index (χ0v) is 9.61. The molecule has 17 heavy (non-hydrogen) atoms. The molecule has 0 aliphatic rings. The minimum atomic E-state index is -0.900. The molecule has 0 radical (unpaired) electrons. The predicted molar refractivity (Wildman–Crippen MR) is 60.3 cm³/mol. The lowest BCUT2D eigenvalue weighted by atomic mass is 10.00. The Hall–Kier alpha value is -1.75. The summed E-state index contributed by atoms with van der Waals surface area (Å²) in [5, 5.41) is 4.13. The van der Waals surface area contributed by atoms with Crippen LogP contribution >= 0.6 is 0 Å². The molecule has 0 amide bonds. The third-order valence-corrected chi connectivity index (χ3v) is 2.70. The molecule has 1 unspecified atom stereocenters. The lowest BCUT2D eigenvalue weighted by Gasteiger charge is -2.12. The molecular weight excluding hydrogens is 224 g/mol. The number of hydrogen-bond donors (Lipinski definition) is 1. The van der Waals surface area contributed by atoms with Gasteiger partial charge in [0.25, 0.3) is 0 Å². The third-order valence-electron chi connectivity index (χ3n) is 2.70. The maximum Gasteiger partial charge on any atom is 0.163 e. The van der Waals surface area contributed by atoms with Crippen molar-refractivity contribution in [3.05, 3.63) is 52.9 Å². The first-order valence-corrected chi connectivity index (χ1v) is 5.20. The van der Waals surface area contributed by atoms with Crippen molar-refractivity contribution in [2.75, 3.05) is 0 Å². The summed E-state index contributed by atoms with van der Waals surface area (Å²) in [4.78, 5) is 0. The van der Waals surface area contributed by atoms with Crippen LogP contribution in [0, 0.1) is 18.6 Å². The van der Waals surface area contributed by atoms with Gasteiger partial charge in [0.1, 0.15) is 0 Å². The molecule has 2 rings (SSSR count). The number of rotatable bonds is 2. The summed E-state index contributed by atoms with van der Waals surface area (Å²) < 4.78 is 28.3. The van der Waals surface area contributed by atoms with E-state index in [2.05, 4.69) is 5.10 Å². The number of aryl methyl sites for hydroxylation is 2. The van der Waals surface area contributed by atoms with Crippen LogP contribution < -0.4 is 5.73 Å². The van der Waals surface area contributed by atoms with Gasteiger partial charge in [0.2, 0.25) is 0 Å². The minimum Gasteiger partial charge on any atom is -0.320 e. The highest BCUT2D eigenvalue weighted by Gasteiger charge is 2.19. The smallest absolute Gasteiger partial charge is 0.163 e. The van der Waals surface area contributed by atoms with Gasteiger partial charge in [0, 0.05) is 24.4 Å². The first-order chi connectivity index (χ1) is 8.00. The number of aromatic nitrogens is 2. The van der Waals surface area contributed by atoms with Crippen LogP contribution in [0.5, 0.6) is 0 Å². The summed E-state index contributed by atoms with van der Waals surface area (Å²) in [6, 6.07) is 3.29. The van der Waals surface area contributed by atoms with Crippen LogP contribution in [0.25, 0.3) is 0 Å². The van der Waals surface area contributed by atoms with Crippen LogP contribution in [0.4, 0.5) is 8.78 Å². The fourth-order valence-corrected chi connectivity index (χ4v) is 1.85. The Morgan fingerprint density at radius 3 is 2.59 bits per heavy atom. The number of hydrogen-bond acceptors (Lipinski definition) is 2. The summed E-state index contributed by atoms with van der Waals surface area (Å²) in [7, 11) is 1.76. The highest BCUT2D eigenvalue weighted by atomic mass is 19.2. The normalized spacial score (nSPS) is 12.8. The van der Waals surface area contributed by atoms with E-state index in [9.17, 15) is 8.78 Å². The van der Waals surface area contributed by atoms with E-state index in [1.165, 1.54) is 12.1 Å². The van der Waals surface area contributed by atoms with Crippen molar-refractivity contribution in [3.63, 3.8) is 0 Å². The molecule has 3 nitrogen and oxygen atoms in total. The Labute approximate surface area is 97.9 Å². The number of nitrogens with two attached hydrogens (primary N) is 1. The molecule has 1 aromatic carbocycles. The average molecular weight is 237 g/mol. The van der Waals surface area contributed by atoms with E-state index in [1.54, 1.807) is 24.9 Å². The second-order valence-corrected chi connectivity index (χ2v) is 3.96. The molecule has 0 spiro atoms.